The molecule has 4 rings (SSSR count). The minimum Gasteiger partial charge on any atom is -0.495 e. The van der Waals surface area contributed by atoms with E-state index in [2.05, 4.69) is 0 Å². The zero-order chi connectivity index (χ0) is 30.3. The van der Waals surface area contributed by atoms with Gasteiger partial charge in [-0.2, -0.15) is 0 Å². The standard InChI is InChI=1S/C32H42O9/c1-17(21-23(33-7)19-13-15-31(3,4)40-25(19)29(37-11)27(21)35-9)39-18(2)22-24(34-8)20-14-16-32(5,6)41-26(20)30(38-12)28(22)36-10/h13-18H,1-12H3/t17-,18-/m0/s1. The average molecular weight is 571 g/mol. The minimum atomic E-state index is -0.528. The summed E-state index contributed by atoms with van der Waals surface area (Å²) < 4.78 is 54.6. The van der Waals surface area contributed by atoms with Crippen molar-refractivity contribution in [2.75, 3.05) is 42.7 Å². The van der Waals surface area contributed by atoms with Crippen molar-refractivity contribution in [2.24, 2.45) is 0 Å². The summed E-state index contributed by atoms with van der Waals surface area (Å²) in [6, 6.07) is 0. The highest BCUT2D eigenvalue weighted by Crippen LogP contribution is 2.57. The second-order valence-electron chi connectivity index (χ2n) is 11.0. The molecular formula is C32H42O9. The van der Waals surface area contributed by atoms with Gasteiger partial charge in [0.15, 0.2) is 23.0 Å². The first-order chi connectivity index (χ1) is 19.4. The number of ether oxygens (including phenoxy) is 9. The van der Waals surface area contributed by atoms with Crippen LogP contribution in [0.1, 0.15) is 76.0 Å². The van der Waals surface area contributed by atoms with Crippen LogP contribution in [0.25, 0.3) is 12.2 Å². The van der Waals surface area contributed by atoms with Gasteiger partial charge in [0.25, 0.3) is 0 Å². The maximum atomic E-state index is 6.69. The molecule has 9 nitrogen and oxygen atoms in total. The van der Waals surface area contributed by atoms with E-state index in [-0.39, 0.29) is 0 Å². The zero-order valence-corrected chi connectivity index (χ0v) is 26.1. The topological polar surface area (TPSA) is 83.1 Å². The van der Waals surface area contributed by atoms with Crippen LogP contribution in [0.15, 0.2) is 12.2 Å². The van der Waals surface area contributed by atoms with E-state index in [0.29, 0.717) is 57.1 Å². The molecule has 224 valence electrons. The molecule has 9 heteroatoms. The van der Waals surface area contributed by atoms with Crippen LogP contribution in [-0.2, 0) is 4.74 Å². The van der Waals surface area contributed by atoms with E-state index in [1.54, 1.807) is 42.7 Å². The van der Waals surface area contributed by atoms with Crippen LogP contribution in [0.4, 0.5) is 0 Å². The third-order valence-corrected chi connectivity index (χ3v) is 7.26. The van der Waals surface area contributed by atoms with Crippen LogP contribution in [0.2, 0.25) is 0 Å². The summed E-state index contributed by atoms with van der Waals surface area (Å²) in [5, 5.41) is 0. The van der Waals surface area contributed by atoms with Crippen molar-refractivity contribution >= 4 is 12.2 Å². The predicted molar refractivity (Wildman–Crippen MR) is 158 cm³/mol. The van der Waals surface area contributed by atoms with Gasteiger partial charge in [0.1, 0.15) is 22.7 Å². The normalized spacial score (nSPS) is 17.3. The van der Waals surface area contributed by atoms with E-state index in [4.69, 9.17) is 42.6 Å². The quantitative estimate of drug-likeness (QED) is 0.301. The molecule has 2 atom stereocenters. The molecule has 2 aliphatic heterocycles. The largest absolute Gasteiger partial charge is 0.495 e. The highest BCUT2D eigenvalue weighted by molar-refractivity contribution is 5.79. The molecule has 0 amide bonds. The summed E-state index contributed by atoms with van der Waals surface area (Å²) in [6.45, 7) is 11.8. The summed E-state index contributed by atoms with van der Waals surface area (Å²) >= 11 is 0. The summed E-state index contributed by atoms with van der Waals surface area (Å²) in [7, 11) is 9.57. The second-order valence-corrected chi connectivity index (χ2v) is 11.0. The smallest absolute Gasteiger partial charge is 0.204 e. The lowest BCUT2D eigenvalue weighted by Gasteiger charge is -2.34. The van der Waals surface area contributed by atoms with Gasteiger partial charge < -0.3 is 42.6 Å². The fourth-order valence-corrected chi connectivity index (χ4v) is 5.46. The number of benzene rings is 2. The summed E-state index contributed by atoms with van der Waals surface area (Å²) in [6.07, 6.45) is 6.86. The molecule has 2 aromatic rings. The van der Waals surface area contributed by atoms with Crippen molar-refractivity contribution in [3.05, 3.63) is 34.4 Å². The van der Waals surface area contributed by atoms with E-state index < -0.39 is 23.4 Å². The molecule has 0 radical (unpaired) electrons. The van der Waals surface area contributed by atoms with Crippen molar-refractivity contribution in [1.29, 1.82) is 0 Å². The molecule has 41 heavy (non-hydrogen) atoms. The Hall–Kier alpha value is -3.72. The van der Waals surface area contributed by atoms with Crippen molar-refractivity contribution in [2.45, 2.75) is 65.0 Å². The van der Waals surface area contributed by atoms with E-state index in [9.17, 15) is 0 Å². The van der Waals surface area contributed by atoms with Crippen molar-refractivity contribution < 1.29 is 42.6 Å². The van der Waals surface area contributed by atoms with Crippen LogP contribution in [0, 0.1) is 0 Å². The predicted octanol–water partition coefficient (Wildman–Crippen LogP) is 6.95. The van der Waals surface area contributed by atoms with E-state index in [1.165, 1.54) is 0 Å². The van der Waals surface area contributed by atoms with Crippen molar-refractivity contribution in [1.82, 2.24) is 0 Å². The lowest BCUT2D eigenvalue weighted by molar-refractivity contribution is 0.000682. The Morgan fingerprint density at radius 2 is 0.829 bits per heavy atom. The Morgan fingerprint density at radius 3 is 1.12 bits per heavy atom. The second kappa shape index (κ2) is 11.3. The Balaban J connectivity index is 1.86. The van der Waals surface area contributed by atoms with Crippen molar-refractivity contribution in [3.63, 3.8) is 0 Å². The van der Waals surface area contributed by atoms with Gasteiger partial charge in [-0.15, -0.1) is 0 Å². The summed E-state index contributed by atoms with van der Waals surface area (Å²) in [5.41, 5.74) is 1.80. The molecule has 0 unspecified atom stereocenters. The molecule has 2 heterocycles. The zero-order valence-electron chi connectivity index (χ0n) is 26.1. The van der Waals surface area contributed by atoms with Gasteiger partial charge in [-0.05, 0) is 65.8 Å². The van der Waals surface area contributed by atoms with Crippen LogP contribution in [-0.4, -0.2) is 53.9 Å². The van der Waals surface area contributed by atoms with Crippen LogP contribution < -0.4 is 37.9 Å². The van der Waals surface area contributed by atoms with E-state index in [0.717, 1.165) is 11.1 Å². The summed E-state index contributed by atoms with van der Waals surface area (Å²) in [4.78, 5) is 0. The summed E-state index contributed by atoms with van der Waals surface area (Å²) in [5.74, 6) is 4.12. The lowest BCUT2D eigenvalue weighted by atomic mass is 9.95. The van der Waals surface area contributed by atoms with Gasteiger partial charge in [0.2, 0.25) is 11.5 Å². The van der Waals surface area contributed by atoms with Crippen LogP contribution >= 0.6 is 0 Å². The average Bonchev–Trinajstić information content (AvgIpc) is 2.93. The highest BCUT2D eigenvalue weighted by Gasteiger charge is 2.38. The van der Waals surface area contributed by atoms with Gasteiger partial charge in [-0.3, -0.25) is 0 Å². The SMILES string of the molecule is COc1c2c(c(OC)c([C@H](C)O[C@@H](C)c3c(OC)c4c(c(OC)c3OC)OC(C)(C)C=C4)c1OC)C=CC(C)(C)O2. The molecule has 0 saturated carbocycles. The number of fused-ring (bicyclic) bond motifs is 2. The highest BCUT2D eigenvalue weighted by atomic mass is 16.6. The molecule has 2 aliphatic rings. The van der Waals surface area contributed by atoms with E-state index in [1.807, 2.05) is 65.8 Å². The molecule has 0 bridgehead atoms. The Labute approximate surface area is 242 Å². The molecule has 0 spiro atoms. The van der Waals surface area contributed by atoms with Gasteiger partial charge in [0, 0.05) is 0 Å². The lowest BCUT2D eigenvalue weighted by Crippen LogP contribution is -2.28. The Morgan fingerprint density at radius 1 is 0.512 bits per heavy atom. The molecular weight excluding hydrogens is 528 g/mol. The maximum absolute atomic E-state index is 6.69. The van der Waals surface area contributed by atoms with Crippen LogP contribution in [0.3, 0.4) is 0 Å². The molecule has 0 fully saturated rings. The van der Waals surface area contributed by atoms with E-state index >= 15 is 0 Å². The van der Waals surface area contributed by atoms with Crippen LogP contribution in [0.5, 0.6) is 46.0 Å². The fraction of sp³-hybridized carbons (Fsp3) is 0.500. The number of hydrogen-bond acceptors (Lipinski definition) is 9. The molecule has 0 N–H and O–H groups in total. The van der Waals surface area contributed by atoms with Crippen molar-refractivity contribution in [3.8, 4) is 46.0 Å². The number of hydrogen-bond donors (Lipinski definition) is 0. The molecule has 0 aromatic heterocycles. The maximum Gasteiger partial charge on any atom is 0.204 e. The number of methoxy groups -OCH3 is 6. The monoisotopic (exact) mass is 570 g/mol. The number of rotatable bonds is 10. The third kappa shape index (κ3) is 5.23. The first-order valence-corrected chi connectivity index (χ1v) is 13.5. The first-order valence-electron chi connectivity index (χ1n) is 13.5. The molecule has 2 aromatic carbocycles. The van der Waals surface area contributed by atoms with Gasteiger partial charge in [0.05, 0.1) is 77.1 Å². The van der Waals surface area contributed by atoms with Gasteiger partial charge in [-0.25, -0.2) is 0 Å². The molecule has 0 saturated heterocycles. The van der Waals surface area contributed by atoms with Gasteiger partial charge >= 0.3 is 0 Å². The Kier molecular flexibility index (Phi) is 8.32. The Bertz CT molecular complexity index is 1270. The fourth-order valence-electron chi connectivity index (χ4n) is 5.46. The minimum absolute atomic E-state index is 0.467. The van der Waals surface area contributed by atoms with Gasteiger partial charge in [-0.1, -0.05) is 0 Å². The molecule has 0 aliphatic carbocycles. The third-order valence-electron chi connectivity index (χ3n) is 7.26. The first kappa shape index (κ1) is 30.2.